The number of benzene rings is 1. The molecule has 8 nitrogen and oxygen atoms in total. The molecular formula is C22H24Cl2FN5O3S. The Morgan fingerprint density at radius 3 is 2.59 bits per heavy atom. The van der Waals surface area contributed by atoms with Crippen LogP contribution in [0.1, 0.15) is 37.5 Å². The number of halogens is 3. The number of sulfonamides is 1. The van der Waals surface area contributed by atoms with Crippen molar-refractivity contribution in [1.29, 1.82) is 0 Å². The molecule has 34 heavy (non-hydrogen) atoms. The number of pyridine rings is 1. The molecule has 3 heterocycles. The van der Waals surface area contributed by atoms with Gasteiger partial charge in [0.1, 0.15) is 11.9 Å². The van der Waals surface area contributed by atoms with E-state index in [1.165, 1.54) is 22.7 Å². The Labute approximate surface area is 207 Å². The molecule has 1 aliphatic heterocycles. The minimum atomic E-state index is -3.18. The van der Waals surface area contributed by atoms with Crippen LogP contribution in [0.25, 0.3) is 11.1 Å². The summed E-state index contributed by atoms with van der Waals surface area (Å²) in [6.07, 6.45) is 7.11. The van der Waals surface area contributed by atoms with E-state index in [0.717, 1.165) is 11.1 Å². The molecule has 0 bridgehead atoms. The van der Waals surface area contributed by atoms with Gasteiger partial charge in [-0.3, -0.25) is 4.68 Å². The van der Waals surface area contributed by atoms with Crippen molar-refractivity contribution < 1.29 is 17.5 Å². The van der Waals surface area contributed by atoms with Crippen LogP contribution in [0.15, 0.2) is 36.8 Å². The Kier molecular flexibility index (Phi) is 7.04. The summed E-state index contributed by atoms with van der Waals surface area (Å²) in [5, 5.41) is 4.65. The number of nitrogens with two attached hydrogens (primary N) is 1. The van der Waals surface area contributed by atoms with Gasteiger partial charge in [0, 0.05) is 47.2 Å². The molecule has 2 aromatic heterocycles. The lowest BCUT2D eigenvalue weighted by Crippen LogP contribution is -2.38. The van der Waals surface area contributed by atoms with E-state index in [-0.39, 0.29) is 21.9 Å². The number of rotatable bonds is 6. The highest BCUT2D eigenvalue weighted by Crippen LogP contribution is 2.37. The standard InChI is InChI=1S/C22H24Cl2FN5O3S/c1-13(20-17(23)3-4-18(25)21(20)24)33-19-9-14(10-27-22(19)26)15-11-28-30(12-15)16-5-7-29(8-6-16)34(2,31)32/h3-4,9-13,16H,5-8H2,1-2H3,(H2,26,27). The molecule has 182 valence electrons. The fraction of sp³-hybridized carbons (Fsp3) is 0.364. The molecular weight excluding hydrogens is 504 g/mol. The minimum absolute atomic E-state index is 0.0986. The van der Waals surface area contributed by atoms with Gasteiger partial charge in [0.2, 0.25) is 10.0 Å². The maximum atomic E-state index is 13.9. The molecule has 1 fully saturated rings. The molecule has 12 heteroatoms. The van der Waals surface area contributed by atoms with E-state index in [0.29, 0.717) is 37.2 Å². The third-order valence-corrected chi connectivity index (χ3v) is 7.89. The summed E-state index contributed by atoms with van der Waals surface area (Å²) in [5.74, 6) is -0.124. The largest absolute Gasteiger partial charge is 0.482 e. The van der Waals surface area contributed by atoms with Crippen molar-refractivity contribution in [3.8, 4) is 16.9 Å². The van der Waals surface area contributed by atoms with Crippen molar-refractivity contribution in [3.05, 3.63) is 58.2 Å². The Morgan fingerprint density at radius 2 is 1.91 bits per heavy atom. The Bertz CT molecular complexity index is 1310. The lowest BCUT2D eigenvalue weighted by molar-refractivity contribution is 0.227. The van der Waals surface area contributed by atoms with E-state index in [9.17, 15) is 12.8 Å². The van der Waals surface area contributed by atoms with E-state index >= 15 is 0 Å². The van der Waals surface area contributed by atoms with Gasteiger partial charge in [-0.1, -0.05) is 23.2 Å². The molecule has 2 N–H and O–H groups in total. The van der Waals surface area contributed by atoms with E-state index in [2.05, 4.69) is 10.1 Å². The van der Waals surface area contributed by atoms with E-state index in [1.807, 2.05) is 10.9 Å². The topological polar surface area (TPSA) is 103 Å². The van der Waals surface area contributed by atoms with Gasteiger partial charge < -0.3 is 10.5 Å². The number of nitrogens with zero attached hydrogens (tertiary/aromatic N) is 4. The summed E-state index contributed by atoms with van der Waals surface area (Å²) >= 11 is 12.3. The monoisotopic (exact) mass is 527 g/mol. The first-order valence-corrected chi connectivity index (χ1v) is 13.2. The number of hydrogen-bond acceptors (Lipinski definition) is 6. The molecule has 1 aliphatic rings. The van der Waals surface area contributed by atoms with Crippen LogP contribution in [-0.4, -0.2) is 46.8 Å². The maximum absolute atomic E-state index is 13.9. The fourth-order valence-electron chi connectivity index (χ4n) is 4.00. The first kappa shape index (κ1) is 24.7. The number of hydrogen-bond donors (Lipinski definition) is 1. The zero-order valence-corrected chi connectivity index (χ0v) is 20.9. The number of anilines is 1. The van der Waals surface area contributed by atoms with Crippen LogP contribution in [0.2, 0.25) is 10.0 Å². The van der Waals surface area contributed by atoms with Crippen molar-refractivity contribution in [3.63, 3.8) is 0 Å². The Balaban J connectivity index is 1.52. The molecule has 4 rings (SSSR count). The molecule has 3 aromatic rings. The number of aromatic nitrogens is 3. The van der Waals surface area contributed by atoms with Gasteiger partial charge in [0.25, 0.3) is 0 Å². The van der Waals surface area contributed by atoms with Crippen LogP contribution in [0, 0.1) is 5.82 Å². The summed E-state index contributed by atoms with van der Waals surface area (Å²) in [6, 6.07) is 4.44. The molecule has 1 saturated heterocycles. The molecule has 0 spiro atoms. The summed E-state index contributed by atoms with van der Waals surface area (Å²) in [6.45, 7) is 2.62. The van der Waals surface area contributed by atoms with E-state index in [1.54, 1.807) is 25.4 Å². The normalized spacial score (nSPS) is 16.5. The van der Waals surface area contributed by atoms with Crippen LogP contribution in [0.5, 0.6) is 5.75 Å². The highest BCUT2D eigenvalue weighted by Gasteiger charge is 2.26. The molecule has 0 aliphatic carbocycles. The predicted molar refractivity (Wildman–Crippen MR) is 130 cm³/mol. The van der Waals surface area contributed by atoms with Crippen LogP contribution in [0.3, 0.4) is 0 Å². The van der Waals surface area contributed by atoms with E-state index < -0.39 is 21.9 Å². The molecule has 0 radical (unpaired) electrons. The van der Waals surface area contributed by atoms with Gasteiger partial charge in [-0.15, -0.1) is 0 Å². The molecule has 1 atom stereocenters. The number of piperidine rings is 1. The SMILES string of the molecule is CC(Oc1cc(-c2cnn(C3CCN(S(C)(=O)=O)CC3)c2)cnc1N)c1c(Cl)ccc(F)c1Cl. The van der Waals surface area contributed by atoms with Crippen molar-refractivity contribution in [2.45, 2.75) is 31.9 Å². The summed E-state index contributed by atoms with van der Waals surface area (Å²) < 4.78 is 46.7. The third-order valence-electron chi connectivity index (χ3n) is 5.87. The van der Waals surface area contributed by atoms with Gasteiger partial charge >= 0.3 is 0 Å². The van der Waals surface area contributed by atoms with Crippen LogP contribution >= 0.6 is 23.2 Å². The van der Waals surface area contributed by atoms with Crippen LogP contribution in [0.4, 0.5) is 10.2 Å². The predicted octanol–water partition coefficient (Wildman–Crippen LogP) is 4.71. The second-order valence-corrected chi connectivity index (χ2v) is 11.0. The van der Waals surface area contributed by atoms with Crippen molar-refractivity contribution in [1.82, 2.24) is 19.1 Å². The fourth-order valence-corrected chi connectivity index (χ4v) is 5.55. The second-order valence-electron chi connectivity index (χ2n) is 8.23. The summed E-state index contributed by atoms with van der Waals surface area (Å²) in [5.41, 5.74) is 7.87. The molecule has 1 aromatic carbocycles. The summed E-state index contributed by atoms with van der Waals surface area (Å²) in [4.78, 5) is 4.23. The van der Waals surface area contributed by atoms with Gasteiger partial charge in [-0.25, -0.2) is 22.1 Å². The lowest BCUT2D eigenvalue weighted by Gasteiger charge is -2.30. The minimum Gasteiger partial charge on any atom is -0.482 e. The van der Waals surface area contributed by atoms with Gasteiger partial charge in [0.05, 0.1) is 23.5 Å². The molecule has 0 amide bonds. The second kappa shape index (κ2) is 9.69. The van der Waals surface area contributed by atoms with Crippen molar-refractivity contribution in [2.75, 3.05) is 25.1 Å². The average Bonchev–Trinajstić information content (AvgIpc) is 3.28. The van der Waals surface area contributed by atoms with Gasteiger partial charge in [-0.2, -0.15) is 5.10 Å². The molecule has 0 saturated carbocycles. The third kappa shape index (κ3) is 5.14. The van der Waals surface area contributed by atoms with Gasteiger partial charge in [-0.05, 0) is 38.0 Å². The first-order chi connectivity index (χ1) is 16.0. The zero-order valence-electron chi connectivity index (χ0n) is 18.6. The van der Waals surface area contributed by atoms with Crippen LogP contribution < -0.4 is 10.5 Å². The Hall–Kier alpha value is -2.40. The Morgan fingerprint density at radius 1 is 1.21 bits per heavy atom. The van der Waals surface area contributed by atoms with Crippen molar-refractivity contribution in [2.24, 2.45) is 0 Å². The zero-order chi connectivity index (χ0) is 24.6. The van der Waals surface area contributed by atoms with Gasteiger partial charge in [0.15, 0.2) is 11.6 Å². The number of ether oxygens (including phenoxy) is 1. The molecule has 1 unspecified atom stereocenters. The highest BCUT2D eigenvalue weighted by atomic mass is 35.5. The smallest absolute Gasteiger partial charge is 0.211 e. The summed E-state index contributed by atoms with van der Waals surface area (Å²) in [7, 11) is -3.18. The lowest BCUT2D eigenvalue weighted by atomic mass is 10.1. The highest BCUT2D eigenvalue weighted by molar-refractivity contribution is 7.88. The maximum Gasteiger partial charge on any atom is 0.211 e. The first-order valence-electron chi connectivity index (χ1n) is 10.6. The quantitative estimate of drug-likeness (QED) is 0.465. The van der Waals surface area contributed by atoms with E-state index in [4.69, 9.17) is 33.7 Å². The van der Waals surface area contributed by atoms with Crippen LogP contribution in [-0.2, 0) is 10.0 Å². The number of nitrogen functional groups attached to an aromatic ring is 1. The van der Waals surface area contributed by atoms with Crippen molar-refractivity contribution >= 4 is 39.0 Å². The average molecular weight is 528 g/mol.